The number of methoxy groups -OCH3 is 1. The van der Waals surface area contributed by atoms with Crippen LogP contribution in [0.1, 0.15) is 32.1 Å². The first-order valence-electron chi connectivity index (χ1n) is 6.54. The minimum absolute atomic E-state index is 0.213. The summed E-state index contributed by atoms with van der Waals surface area (Å²) in [6, 6.07) is 0. The average molecular weight is 260 g/mol. The molecule has 17 heavy (non-hydrogen) atoms. The van der Waals surface area contributed by atoms with Crippen LogP contribution in [-0.4, -0.2) is 43.5 Å². The molecule has 98 valence electrons. The zero-order chi connectivity index (χ0) is 12.3. The summed E-state index contributed by atoms with van der Waals surface area (Å²) in [5.74, 6) is 1.28. The number of alkyl halides is 1. The van der Waals surface area contributed by atoms with E-state index >= 15 is 0 Å². The highest BCUT2D eigenvalue weighted by molar-refractivity contribution is 6.18. The van der Waals surface area contributed by atoms with Crippen LogP contribution in [0.2, 0.25) is 0 Å². The molecule has 0 aromatic carbocycles. The maximum Gasteiger partial charge on any atom is 0.223 e. The van der Waals surface area contributed by atoms with Gasteiger partial charge in [0.05, 0.1) is 6.61 Å². The van der Waals surface area contributed by atoms with Crippen LogP contribution in [0, 0.1) is 11.3 Å². The second-order valence-corrected chi connectivity index (χ2v) is 5.83. The molecule has 1 saturated heterocycles. The third-order valence-corrected chi connectivity index (χ3v) is 4.57. The zero-order valence-corrected chi connectivity index (χ0v) is 11.3. The molecule has 1 aliphatic carbocycles. The van der Waals surface area contributed by atoms with E-state index in [2.05, 4.69) is 0 Å². The van der Waals surface area contributed by atoms with E-state index in [0.717, 1.165) is 19.7 Å². The Hall–Kier alpha value is -0.280. The van der Waals surface area contributed by atoms with Gasteiger partial charge in [-0.2, -0.15) is 0 Å². The highest BCUT2D eigenvalue weighted by atomic mass is 35.5. The van der Waals surface area contributed by atoms with Gasteiger partial charge in [-0.1, -0.05) is 12.8 Å². The highest BCUT2D eigenvalue weighted by Gasteiger charge is 2.48. The van der Waals surface area contributed by atoms with Gasteiger partial charge in [0.15, 0.2) is 0 Å². The molecule has 2 aliphatic rings. The van der Waals surface area contributed by atoms with Gasteiger partial charge in [-0.25, -0.2) is 0 Å². The van der Waals surface area contributed by atoms with Gasteiger partial charge >= 0.3 is 0 Å². The first-order chi connectivity index (χ1) is 8.22. The standard InChI is InChI=1S/C13H22ClNO2/c1-17-10-13-6-3-2-4-11(13)8-15(9-13)12(16)5-7-14/h11H,2-10H2,1H3/t11-,13-/m0/s1. The number of ether oxygens (including phenoxy) is 1. The van der Waals surface area contributed by atoms with Crippen molar-refractivity contribution in [2.45, 2.75) is 32.1 Å². The second-order valence-electron chi connectivity index (χ2n) is 5.45. The van der Waals surface area contributed by atoms with Gasteiger partial charge in [-0.3, -0.25) is 4.79 Å². The predicted octanol–water partition coefficient (Wildman–Crippen LogP) is 2.28. The second kappa shape index (κ2) is 5.57. The van der Waals surface area contributed by atoms with Gasteiger partial charge in [-0.05, 0) is 18.8 Å². The van der Waals surface area contributed by atoms with Gasteiger partial charge in [0.25, 0.3) is 0 Å². The first-order valence-corrected chi connectivity index (χ1v) is 7.08. The molecule has 0 unspecified atom stereocenters. The molecule has 1 saturated carbocycles. The maximum absolute atomic E-state index is 11.9. The van der Waals surface area contributed by atoms with E-state index in [9.17, 15) is 4.79 Å². The minimum Gasteiger partial charge on any atom is -0.384 e. The Kier molecular flexibility index (Phi) is 4.31. The van der Waals surface area contributed by atoms with Crippen molar-refractivity contribution in [1.82, 2.24) is 4.90 Å². The SMILES string of the molecule is COC[C@@]12CCCC[C@H]1CN(C(=O)CCCl)C2. The van der Waals surface area contributed by atoms with Gasteiger partial charge in [0, 0.05) is 37.9 Å². The highest BCUT2D eigenvalue weighted by Crippen LogP contribution is 2.46. The summed E-state index contributed by atoms with van der Waals surface area (Å²) in [6.45, 7) is 2.59. The van der Waals surface area contributed by atoms with E-state index in [-0.39, 0.29) is 11.3 Å². The fraction of sp³-hybridized carbons (Fsp3) is 0.923. The van der Waals surface area contributed by atoms with E-state index in [1.165, 1.54) is 25.7 Å². The van der Waals surface area contributed by atoms with E-state index < -0.39 is 0 Å². The molecule has 2 fully saturated rings. The van der Waals surface area contributed by atoms with E-state index in [0.29, 0.717) is 18.2 Å². The molecule has 1 aliphatic heterocycles. The molecule has 4 heteroatoms. The lowest BCUT2D eigenvalue weighted by Crippen LogP contribution is -2.38. The number of amides is 1. The molecule has 3 nitrogen and oxygen atoms in total. The third kappa shape index (κ3) is 2.60. The molecule has 2 rings (SSSR count). The molecular formula is C13H22ClNO2. The fourth-order valence-electron chi connectivity index (χ4n) is 3.53. The zero-order valence-electron chi connectivity index (χ0n) is 10.6. The van der Waals surface area contributed by atoms with E-state index in [1.807, 2.05) is 4.90 Å². The smallest absolute Gasteiger partial charge is 0.223 e. The van der Waals surface area contributed by atoms with Crippen molar-refractivity contribution in [2.75, 3.05) is 32.7 Å². The summed E-state index contributed by atoms with van der Waals surface area (Å²) in [7, 11) is 1.77. The fourth-order valence-corrected chi connectivity index (χ4v) is 3.70. The Morgan fingerprint density at radius 3 is 3.06 bits per heavy atom. The largest absolute Gasteiger partial charge is 0.384 e. The molecule has 2 atom stereocenters. The average Bonchev–Trinajstić information content (AvgIpc) is 2.69. The van der Waals surface area contributed by atoms with Crippen molar-refractivity contribution in [3.05, 3.63) is 0 Å². The third-order valence-electron chi connectivity index (χ3n) is 4.38. The van der Waals surface area contributed by atoms with Crippen LogP contribution in [0.5, 0.6) is 0 Å². The monoisotopic (exact) mass is 259 g/mol. The first kappa shape index (κ1) is 13.2. The Bertz CT molecular complexity index is 281. The summed E-state index contributed by atoms with van der Waals surface area (Å²) in [5, 5.41) is 0. The van der Waals surface area contributed by atoms with Crippen molar-refractivity contribution in [2.24, 2.45) is 11.3 Å². The van der Waals surface area contributed by atoms with Crippen LogP contribution >= 0.6 is 11.6 Å². The van der Waals surface area contributed by atoms with Crippen molar-refractivity contribution < 1.29 is 9.53 Å². The Labute approximate surface area is 108 Å². The van der Waals surface area contributed by atoms with Gasteiger partial charge in [-0.15, -0.1) is 11.6 Å². The molecular weight excluding hydrogens is 238 g/mol. The van der Waals surface area contributed by atoms with Crippen molar-refractivity contribution in [1.29, 1.82) is 0 Å². The van der Waals surface area contributed by atoms with E-state index in [4.69, 9.17) is 16.3 Å². The van der Waals surface area contributed by atoms with Crippen LogP contribution in [-0.2, 0) is 9.53 Å². The number of carbonyl (C=O) groups is 1. The summed E-state index contributed by atoms with van der Waals surface area (Å²) in [5.41, 5.74) is 0.231. The van der Waals surface area contributed by atoms with Crippen LogP contribution < -0.4 is 0 Å². The summed E-state index contributed by atoms with van der Waals surface area (Å²) in [4.78, 5) is 13.9. The molecule has 0 spiro atoms. The topological polar surface area (TPSA) is 29.5 Å². The van der Waals surface area contributed by atoms with Crippen molar-refractivity contribution in [3.63, 3.8) is 0 Å². The Morgan fingerprint density at radius 1 is 1.53 bits per heavy atom. The number of hydrogen-bond acceptors (Lipinski definition) is 2. The summed E-state index contributed by atoms with van der Waals surface area (Å²) < 4.78 is 5.41. The summed E-state index contributed by atoms with van der Waals surface area (Å²) >= 11 is 5.65. The molecule has 0 N–H and O–H groups in total. The van der Waals surface area contributed by atoms with Crippen LogP contribution in [0.15, 0.2) is 0 Å². The number of halogens is 1. The number of carbonyl (C=O) groups excluding carboxylic acids is 1. The maximum atomic E-state index is 11.9. The molecule has 1 heterocycles. The van der Waals surface area contributed by atoms with E-state index in [1.54, 1.807) is 7.11 Å². The van der Waals surface area contributed by atoms with Crippen LogP contribution in [0.3, 0.4) is 0 Å². The van der Waals surface area contributed by atoms with Crippen LogP contribution in [0.25, 0.3) is 0 Å². The quantitative estimate of drug-likeness (QED) is 0.725. The number of rotatable bonds is 4. The number of nitrogens with zero attached hydrogens (tertiary/aromatic N) is 1. The molecule has 0 aromatic heterocycles. The van der Waals surface area contributed by atoms with Gasteiger partial charge in [0.1, 0.15) is 0 Å². The van der Waals surface area contributed by atoms with Crippen molar-refractivity contribution >= 4 is 17.5 Å². The summed E-state index contributed by atoms with van der Waals surface area (Å²) in [6.07, 6.45) is 5.49. The molecule has 1 amide bonds. The Morgan fingerprint density at radius 2 is 2.35 bits per heavy atom. The lowest BCUT2D eigenvalue weighted by Gasteiger charge is -2.37. The molecule has 0 bridgehead atoms. The number of hydrogen-bond donors (Lipinski definition) is 0. The van der Waals surface area contributed by atoms with Gasteiger partial charge < -0.3 is 9.64 Å². The van der Waals surface area contributed by atoms with Gasteiger partial charge in [0.2, 0.25) is 5.91 Å². The number of fused-ring (bicyclic) bond motifs is 1. The lowest BCUT2D eigenvalue weighted by molar-refractivity contribution is -0.130. The Balaban J connectivity index is 2.05. The lowest BCUT2D eigenvalue weighted by atomic mass is 9.69. The molecule has 0 radical (unpaired) electrons. The van der Waals surface area contributed by atoms with Crippen molar-refractivity contribution in [3.8, 4) is 0 Å². The minimum atomic E-state index is 0.213. The molecule has 0 aromatic rings. The van der Waals surface area contributed by atoms with Crippen LogP contribution in [0.4, 0.5) is 0 Å². The normalized spacial score (nSPS) is 32.6. The predicted molar refractivity (Wildman–Crippen MR) is 68.2 cm³/mol. The number of likely N-dealkylation sites (tertiary alicyclic amines) is 1.